The van der Waals surface area contributed by atoms with Gasteiger partial charge in [0.2, 0.25) is 0 Å². The molecule has 2 aromatic heterocycles. The average Bonchev–Trinajstić information content (AvgIpc) is 2.47. The number of imidazole rings is 1. The van der Waals surface area contributed by atoms with Gasteiger partial charge in [-0.15, -0.1) is 0 Å². The Kier molecular flexibility index (Phi) is 1.50. The van der Waals surface area contributed by atoms with Gasteiger partial charge in [0.1, 0.15) is 18.2 Å². The Hall–Kier alpha value is -1.10. The number of rotatable bonds is 1. The molecular formula is C6H6N4S. The van der Waals surface area contributed by atoms with Crippen molar-refractivity contribution in [2.45, 2.75) is 0 Å². The molecule has 0 amide bonds. The van der Waals surface area contributed by atoms with Gasteiger partial charge in [0.25, 0.3) is 0 Å². The lowest BCUT2D eigenvalue weighted by molar-refractivity contribution is 1.18. The summed E-state index contributed by atoms with van der Waals surface area (Å²) in [6.45, 7) is 0. The Balaban J connectivity index is 2.76. The van der Waals surface area contributed by atoms with Crippen molar-refractivity contribution < 1.29 is 0 Å². The van der Waals surface area contributed by atoms with Crippen LogP contribution in [0, 0.1) is 0 Å². The molecule has 0 aromatic carbocycles. The molecular weight excluding hydrogens is 160 g/mol. The van der Waals surface area contributed by atoms with E-state index in [9.17, 15) is 0 Å². The summed E-state index contributed by atoms with van der Waals surface area (Å²) in [5.74, 6) is 0. The van der Waals surface area contributed by atoms with Gasteiger partial charge >= 0.3 is 0 Å². The highest BCUT2D eigenvalue weighted by Crippen LogP contribution is 2.11. The molecule has 0 aliphatic carbocycles. The second-order valence-corrected chi connectivity index (χ2v) is 2.74. The fraction of sp³-hybridized carbons (Fsp3) is 0.167. The molecule has 2 heterocycles. The molecule has 0 atom stereocenters. The second kappa shape index (κ2) is 2.50. The quantitative estimate of drug-likeness (QED) is 0.632. The van der Waals surface area contributed by atoms with Crippen LogP contribution in [0.1, 0.15) is 0 Å². The molecule has 4 nitrogen and oxygen atoms in total. The first-order valence-electron chi connectivity index (χ1n) is 3.09. The van der Waals surface area contributed by atoms with Gasteiger partial charge in [-0.25, -0.2) is 15.0 Å². The number of hydrogen-bond donors (Lipinski definition) is 0. The summed E-state index contributed by atoms with van der Waals surface area (Å²) < 4.78 is 1.90. The molecule has 0 N–H and O–H groups in total. The van der Waals surface area contributed by atoms with Crippen molar-refractivity contribution in [1.29, 1.82) is 0 Å². The maximum Gasteiger partial charge on any atom is 0.173 e. The Labute approximate surface area is 67.8 Å². The third-order valence-corrected chi connectivity index (χ3v) is 2.04. The van der Waals surface area contributed by atoms with Gasteiger partial charge in [0.05, 0.1) is 6.20 Å². The van der Waals surface area contributed by atoms with Crippen LogP contribution in [0.15, 0.2) is 18.9 Å². The van der Waals surface area contributed by atoms with Crippen molar-refractivity contribution >= 4 is 23.1 Å². The molecule has 0 saturated heterocycles. The zero-order valence-electron chi connectivity index (χ0n) is 5.93. The molecule has 11 heavy (non-hydrogen) atoms. The van der Waals surface area contributed by atoms with Crippen LogP contribution in [-0.2, 0) is 0 Å². The van der Waals surface area contributed by atoms with E-state index in [-0.39, 0.29) is 0 Å². The Morgan fingerprint density at radius 1 is 1.45 bits per heavy atom. The molecule has 2 rings (SSSR count). The van der Waals surface area contributed by atoms with Gasteiger partial charge in [-0.05, 0) is 11.9 Å². The van der Waals surface area contributed by atoms with Gasteiger partial charge in [-0.3, -0.25) is 3.97 Å². The summed E-state index contributed by atoms with van der Waals surface area (Å²) in [7, 11) is 0. The highest BCUT2D eigenvalue weighted by molar-refractivity contribution is 7.97. The Morgan fingerprint density at radius 3 is 3.18 bits per heavy atom. The predicted octanol–water partition coefficient (Wildman–Crippen LogP) is 0.952. The monoisotopic (exact) mass is 166 g/mol. The van der Waals surface area contributed by atoms with E-state index < -0.39 is 0 Å². The third-order valence-electron chi connectivity index (χ3n) is 1.38. The fourth-order valence-corrected chi connectivity index (χ4v) is 1.33. The molecule has 0 radical (unpaired) electrons. The van der Waals surface area contributed by atoms with Crippen LogP contribution < -0.4 is 0 Å². The number of aromatic nitrogens is 4. The van der Waals surface area contributed by atoms with E-state index in [1.807, 2.05) is 10.2 Å². The smallest absolute Gasteiger partial charge is 0.173 e. The van der Waals surface area contributed by atoms with Crippen LogP contribution in [0.4, 0.5) is 0 Å². The molecule has 0 aliphatic rings. The minimum atomic E-state index is 0.835. The van der Waals surface area contributed by atoms with Crippen LogP contribution >= 0.6 is 11.9 Å². The standard InChI is InChI=1S/C6H6N4S/c1-11-10-4-9-5-2-7-3-8-6(5)10/h2-4H,1H3. The molecule has 56 valence electrons. The molecule has 0 unspecified atom stereocenters. The first-order chi connectivity index (χ1) is 5.42. The summed E-state index contributed by atoms with van der Waals surface area (Å²) in [4.78, 5) is 12.1. The maximum absolute atomic E-state index is 4.11. The molecule has 0 spiro atoms. The van der Waals surface area contributed by atoms with E-state index in [1.165, 1.54) is 6.33 Å². The second-order valence-electron chi connectivity index (χ2n) is 1.98. The highest BCUT2D eigenvalue weighted by Gasteiger charge is 2.00. The van der Waals surface area contributed by atoms with E-state index in [0.717, 1.165) is 11.2 Å². The molecule has 0 saturated carbocycles. The number of nitrogens with zero attached hydrogens (tertiary/aromatic N) is 4. The minimum absolute atomic E-state index is 0.835. The van der Waals surface area contributed by atoms with E-state index in [2.05, 4.69) is 15.0 Å². The van der Waals surface area contributed by atoms with Crippen molar-refractivity contribution in [3.05, 3.63) is 18.9 Å². The zero-order chi connectivity index (χ0) is 7.68. The van der Waals surface area contributed by atoms with Gasteiger partial charge in [-0.1, -0.05) is 0 Å². The summed E-state index contributed by atoms with van der Waals surface area (Å²) in [5, 5.41) is 0. The Morgan fingerprint density at radius 2 is 2.36 bits per heavy atom. The van der Waals surface area contributed by atoms with Crippen molar-refractivity contribution in [2.75, 3.05) is 6.26 Å². The van der Waals surface area contributed by atoms with Crippen molar-refractivity contribution in [3.8, 4) is 0 Å². The average molecular weight is 166 g/mol. The van der Waals surface area contributed by atoms with Crippen molar-refractivity contribution in [1.82, 2.24) is 18.9 Å². The largest absolute Gasteiger partial charge is 0.256 e. The van der Waals surface area contributed by atoms with Crippen LogP contribution in [0.2, 0.25) is 0 Å². The normalized spacial score (nSPS) is 10.6. The summed E-state index contributed by atoms with van der Waals surface area (Å²) >= 11 is 1.57. The summed E-state index contributed by atoms with van der Waals surface area (Å²) in [6.07, 6.45) is 6.94. The van der Waals surface area contributed by atoms with E-state index in [1.54, 1.807) is 24.5 Å². The van der Waals surface area contributed by atoms with Gasteiger partial charge < -0.3 is 0 Å². The molecule has 2 aromatic rings. The fourth-order valence-electron chi connectivity index (χ4n) is 0.880. The van der Waals surface area contributed by atoms with Gasteiger partial charge in [-0.2, -0.15) is 0 Å². The number of hydrogen-bond acceptors (Lipinski definition) is 4. The van der Waals surface area contributed by atoms with E-state index >= 15 is 0 Å². The number of fused-ring (bicyclic) bond motifs is 1. The molecule has 0 aliphatic heterocycles. The summed E-state index contributed by atoms with van der Waals surface area (Å²) in [6, 6.07) is 0. The van der Waals surface area contributed by atoms with Crippen molar-refractivity contribution in [2.24, 2.45) is 0 Å². The Bertz CT molecular complexity index is 369. The lowest BCUT2D eigenvalue weighted by Gasteiger charge is -1.93. The third kappa shape index (κ3) is 0.970. The van der Waals surface area contributed by atoms with Gasteiger partial charge in [0, 0.05) is 6.26 Å². The van der Waals surface area contributed by atoms with Crippen LogP contribution in [0.3, 0.4) is 0 Å². The van der Waals surface area contributed by atoms with Crippen molar-refractivity contribution in [3.63, 3.8) is 0 Å². The highest BCUT2D eigenvalue weighted by atomic mass is 32.2. The topological polar surface area (TPSA) is 43.6 Å². The minimum Gasteiger partial charge on any atom is -0.256 e. The molecule has 0 fully saturated rings. The first-order valence-corrected chi connectivity index (χ1v) is 4.27. The van der Waals surface area contributed by atoms with Crippen LogP contribution in [0.25, 0.3) is 11.2 Å². The lowest BCUT2D eigenvalue weighted by Crippen LogP contribution is -1.85. The van der Waals surface area contributed by atoms with E-state index in [4.69, 9.17) is 0 Å². The predicted molar refractivity (Wildman–Crippen MR) is 44.2 cm³/mol. The SMILES string of the molecule is CSn1cnc2cncnc21. The molecule has 5 heteroatoms. The van der Waals surface area contributed by atoms with Crippen LogP contribution in [0.5, 0.6) is 0 Å². The molecule has 0 bridgehead atoms. The van der Waals surface area contributed by atoms with E-state index in [0.29, 0.717) is 0 Å². The zero-order valence-corrected chi connectivity index (χ0v) is 6.75. The lowest BCUT2D eigenvalue weighted by atomic mass is 10.6. The maximum atomic E-state index is 4.11. The van der Waals surface area contributed by atoms with Gasteiger partial charge in [0.15, 0.2) is 5.65 Å². The van der Waals surface area contributed by atoms with Crippen LogP contribution in [-0.4, -0.2) is 25.2 Å². The summed E-state index contributed by atoms with van der Waals surface area (Å²) in [5.41, 5.74) is 1.70. The first kappa shape index (κ1) is 6.60.